The highest BCUT2D eigenvalue weighted by Gasteiger charge is 2.45. The maximum absolute atomic E-state index is 13.3. The molecule has 2 saturated heterocycles. The van der Waals surface area contributed by atoms with Gasteiger partial charge in [0, 0.05) is 57.4 Å². The number of piperidine rings is 1. The van der Waals surface area contributed by atoms with Crippen LogP contribution in [0.5, 0.6) is 5.88 Å². The fraction of sp³-hybridized carbons (Fsp3) is 0.333. The van der Waals surface area contributed by atoms with Gasteiger partial charge in [0.1, 0.15) is 18.2 Å². The number of nitrogens with zero attached hydrogens (tertiary/aromatic N) is 5. The van der Waals surface area contributed by atoms with Crippen LogP contribution < -0.4 is 20.3 Å². The first kappa shape index (κ1) is 27.3. The molecule has 1 unspecified atom stereocenters. The van der Waals surface area contributed by atoms with Crippen LogP contribution in [0, 0.1) is 0 Å². The molecule has 6 rings (SSSR count). The molecule has 3 aliphatic rings. The third-order valence-corrected chi connectivity index (χ3v) is 7.91. The number of ether oxygens (including phenoxy) is 1. The first-order valence-corrected chi connectivity index (χ1v) is 13.9. The number of amides is 4. The monoisotopic (exact) mass is 569 g/mol. The number of methoxy groups -OCH3 is 1. The van der Waals surface area contributed by atoms with Gasteiger partial charge >= 0.3 is 0 Å². The van der Waals surface area contributed by atoms with E-state index in [4.69, 9.17) is 4.74 Å². The first-order chi connectivity index (χ1) is 20.4. The molecule has 4 heterocycles. The van der Waals surface area contributed by atoms with Crippen molar-refractivity contribution in [3.05, 3.63) is 77.1 Å². The molecule has 2 aromatic carbocycles. The second kappa shape index (κ2) is 11.6. The predicted molar refractivity (Wildman–Crippen MR) is 153 cm³/mol. The lowest BCUT2D eigenvalue weighted by molar-refractivity contribution is -0.136. The van der Waals surface area contributed by atoms with Gasteiger partial charge in [-0.05, 0) is 29.7 Å². The fourth-order valence-corrected chi connectivity index (χ4v) is 5.63. The molecule has 2 fully saturated rings. The van der Waals surface area contributed by atoms with Crippen molar-refractivity contribution in [3.8, 4) is 5.88 Å². The number of rotatable bonds is 8. The Bertz CT molecular complexity index is 1540. The number of fused-ring (bicyclic) bond motifs is 1. The molecule has 216 valence electrons. The summed E-state index contributed by atoms with van der Waals surface area (Å²) < 4.78 is 5.21. The SMILES string of the molecule is COc1cc(N2CCN(Cc3ccc(CNc4cccc5c4C(=O)N(C4CCC(=O)NC4=O)C5=O)cc3)CC2)ncn1. The minimum absolute atomic E-state index is 0.0832. The first-order valence-electron chi connectivity index (χ1n) is 13.9. The van der Waals surface area contributed by atoms with Gasteiger partial charge in [-0.15, -0.1) is 0 Å². The lowest BCUT2D eigenvalue weighted by Gasteiger charge is -2.35. The molecule has 0 aliphatic carbocycles. The van der Waals surface area contributed by atoms with E-state index in [1.165, 1.54) is 11.9 Å². The molecule has 1 aromatic heterocycles. The minimum Gasteiger partial charge on any atom is -0.481 e. The average Bonchev–Trinajstić information content (AvgIpc) is 3.27. The van der Waals surface area contributed by atoms with E-state index in [0.717, 1.165) is 49.0 Å². The minimum atomic E-state index is -0.991. The zero-order valence-electron chi connectivity index (χ0n) is 23.2. The van der Waals surface area contributed by atoms with E-state index in [1.807, 2.05) is 6.07 Å². The standard InChI is InChI=1S/C30H31N7O5/c1-42-26-15-24(32-18-33-26)36-13-11-35(12-14-36)17-20-7-5-19(6-8-20)16-31-22-4-2-3-21-27(22)30(41)37(29(21)40)23-9-10-25(38)34-28(23)39/h2-8,15,18,23,31H,9-14,16-17H2,1H3,(H,34,38,39). The molecular formula is C30H31N7O5. The van der Waals surface area contributed by atoms with E-state index in [2.05, 4.69) is 54.7 Å². The summed E-state index contributed by atoms with van der Waals surface area (Å²) in [5, 5.41) is 5.52. The molecular weight excluding hydrogens is 538 g/mol. The molecule has 0 bridgehead atoms. The van der Waals surface area contributed by atoms with E-state index < -0.39 is 29.7 Å². The van der Waals surface area contributed by atoms with E-state index in [9.17, 15) is 19.2 Å². The van der Waals surface area contributed by atoms with Gasteiger partial charge in [-0.2, -0.15) is 0 Å². The lowest BCUT2D eigenvalue weighted by atomic mass is 10.0. The number of aromatic nitrogens is 2. The number of benzene rings is 2. The summed E-state index contributed by atoms with van der Waals surface area (Å²) in [4.78, 5) is 64.4. The normalized spacial score (nSPS) is 19.1. The fourth-order valence-electron chi connectivity index (χ4n) is 5.63. The van der Waals surface area contributed by atoms with Crippen molar-refractivity contribution >= 4 is 35.1 Å². The second-order valence-corrected chi connectivity index (χ2v) is 10.5. The zero-order chi connectivity index (χ0) is 29.2. The third kappa shape index (κ3) is 5.40. The molecule has 4 amide bonds. The number of hydrogen-bond acceptors (Lipinski definition) is 10. The van der Waals surface area contributed by atoms with Crippen LogP contribution >= 0.6 is 0 Å². The number of piperazine rings is 1. The summed E-state index contributed by atoms with van der Waals surface area (Å²) in [5.41, 5.74) is 3.27. The molecule has 0 saturated carbocycles. The third-order valence-electron chi connectivity index (χ3n) is 7.91. The van der Waals surface area contributed by atoms with Crippen molar-refractivity contribution < 1.29 is 23.9 Å². The molecule has 3 aliphatic heterocycles. The highest BCUT2D eigenvalue weighted by Crippen LogP contribution is 2.32. The van der Waals surface area contributed by atoms with Crippen LogP contribution in [0.1, 0.15) is 44.7 Å². The molecule has 3 aromatic rings. The number of imide groups is 2. The van der Waals surface area contributed by atoms with Gasteiger partial charge in [0.05, 0.1) is 18.2 Å². The Labute approximate surface area is 242 Å². The van der Waals surface area contributed by atoms with Gasteiger partial charge in [-0.25, -0.2) is 9.97 Å². The topological polar surface area (TPSA) is 137 Å². The van der Waals surface area contributed by atoms with Gasteiger partial charge < -0.3 is 15.0 Å². The number of carbonyl (C=O) groups is 4. The van der Waals surface area contributed by atoms with Crippen molar-refractivity contribution in [1.82, 2.24) is 25.1 Å². The summed E-state index contributed by atoms with van der Waals surface area (Å²) in [5.74, 6) is -0.635. The Balaban J connectivity index is 1.05. The average molecular weight is 570 g/mol. The Hall–Kier alpha value is -4.84. The summed E-state index contributed by atoms with van der Waals surface area (Å²) in [6.45, 7) is 4.86. The molecule has 1 atom stereocenters. The molecule has 0 spiro atoms. The Morgan fingerprint density at radius 2 is 1.71 bits per heavy atom. The molecule has 12 heteroatoms. The van der Waals surface area contributed by atoms with Crippen LogP contribution in [-0.4, -0.2) is 82.7 Å². The van der Waals surface area contributed by atoms with E-state index in [-0.39, 0.29) is 24.0 Å². The number of anilines is 2. The molecule has 2 N–H and O–H groups in total. The van der Waals surface area contributed by atoms with Crippen LogP contribution in [-0.2, 0) is 22.7 Å². The van der Waals surface area contributed by atoms with E-state index in [0.29, 0.717) is 18.1 Å². The van der Waals surface area contributed by atoms with Crippen molar-refractivity contribution in [3.63, 3.8) is 0 Å². The summed E-state index contributed by atoms with van der Waals surface area (Å²) in [6, 6.07) is 14.2. The van der Waals surface area contributed by atoms with Gasteiger partial charge in [-0.1, -0.05) is 30.3 Å². The smallest absolute Gasteiger partial charge is 0.264 e. The van der Waals surface area contributed by atoms with Gasteiger partial charge in [0.2, 0.25) is 17.7 Å². The van der Waals surface area contributed by atoms with Gasteiger partial charge in [-0.3, -0.25) is 34.3 Å². The van der Waals surface area contributed by atoms with Crippen LogP contribution in [0.25, 0.3) is 0 Å². The quantitative estimate of drug-likeness (QED) is 0.387. The van der Waals surface area contributed by atoms with Crippen molar-refractivity contribution in [2.24, 2.45) is 0 Å². The summed E-state index contributed by atoms with van der Waals surface area (Å²) in [7, 11) is 1.60. The van der Waals surface area contributed by atoms with E-state index >= 15 is 0 Å². The lowest BCUT2D eigenvalue weighted by Crippen LogP contribution is -2.54. The van der Waals surface area contributed by atoms with Gasteiger partial charge in [0.15, 0.2) is 0 Å². The summed E-state index contributed by atoms with van der Waals surface area (Å²) >= 11 is 0. The second-order valence-electron chi connectivity index (χ2n) is 10.5. The Morgan fingerprint density at radius 3 is 2.45 bits per heavy atom. The molecule has 42 heavy (non-hydrogen) atoms. The maximum atomic E-state index is 13.3. The van der Waals surface area contributed by atoms with Crippen LogP contribution in [0.4, 0.5) is 11.5 Å². The summed E-state index contributed by atoms with van der Waals surface area (Å²) in [6.07, 6.45) is 1.73. The van der Waals surface area contributed by atoms with Crippen molar-refractivity contribution in [2.75, 3.05) is 43.5 Å². The van der Waals surface area contributed by atoms with Crippen molar-refractivity contribution in [2.45, 2.75) is 32.0 Å². The maximum Gasteiger partial charge on any atom is 0.264 e. The highest BCUT2D eigenvalue weighted by atomic mass is 16.5. The van der Waals surface area contributed by atoms with Crippen LogP contribution in [0.3, 0.4) is 0 Å². The Kier molecular flexibility index (Phi) is 7.53. The van der Waals surface area contributed by atoms with Gasteiger partial charge in [0.25, 0.3) is 11.8 Å². The van der Waals surface area contributed by atoms with Crippen LogP contribution in [0.15, 0.2) is 54.9 Å². The van der Waals surface area contributed by atoms with E-state index in [1.54, 1.807) is 25.3 Å². The number of nitrogens with one attached hydrogen (secondary N) is 2. The zero-order valence-corrected chi connectivity index (χ0v) is 23.2. The predicted octanol–water partition coefficient (Wildman–Crippen LogP) is 1.82. The Morgan fingerprint density at radius 1 is 0.952 bits per heavy atom. The highest BCUT2D eigenvalue weighted by molar-refractivity contribution is 6.25. The van der Waals surface area contributed by atoms with Crippen LogP contribution in [0.2, 0.25) is 0 Å². The number of hydrogen-bond donors (Lipinski definition) is 2. The van der Waals surface area contributed by atoms with Crippen molar-refractivity contribution in [1.29, 1.82) is 0 Å². The largest absolute Gasteiger partial charge is 0.481 e. The molecule has 12 nitrogen and oxygen atoms in total. The molecule has 0 radical (unpaired) electrons. The number of carbonyl (C=O) groups excluding carboxylic acids is 4.